The van der Waals surface area contributed by atoms with Gasteiger partial charge in [0.2, 0.25) is 0 Å². The summed E-state index contributed by atoms with van der Waals surface area (Å²) in [6, 6.07) is 17.6. The lowest BCUT2D eigenvalue weighted by Gasteiger charge is -2.13. The van der Waals surface area contributed by atoms with E-state index in [9.17, 15) is 9.18 Å². The van der Waals surface area contributed by atoms with E-state index in [-0.39, 0.29) is 17.8 Å². The lowest BCUT2D eigenvalue weighted by Crippen LogP contribution is -2.27. The average molecular weight is 337 g/mol. The maximum Gasteiger partial charge on any atom is 0.272 e. The topological polar surface area (TPSA) is 46.9 Å². The highest BCUT2D eigenvalue weighted by atomic mass is 19.1. The van der Waals surface area contributed by atoms with Crippen molar-refractivity contribution in [3.8, 4) is 11.3 Å². The van der Waals surface area contributed by atoms with Crippen molar-refractivity contribution < 1.29 is 9.18 Å². The van der Waals surface area contributed by atoms with E-state index < -0.39 is 0 Å². The van der Waals surface area contributed by atoms with Crippen LogP contribution in [0.2, 0.25) is 0 Å². The maximum atomic E-state index is 13.5. The van der Waals surface area contributed by atoms with Crippen LogP contribution in [0.25, 0.3) is 11.3 Å². The second-order valence-corrected chi connectivity index (χ2v) is 5.85. The SMILES string of the molecule is CCn1nc(C(=O)NC(C)c2ccccc2)cc1-c1cccc(F)c1. The van der Waals surface area contributed by atoms with Crippen LogP contribution in [-0.2, 0) is 6.54 Å². The van der Waals surface area contributed by atoms with E-state index in [1.54, 1.807) is 22.9 Å². The number of carbonyl (C=O) groups is 1. The smallest absolute Gasteiger partial charge is 0.272 e. The third-order valence-corrected chi connectivity index (χ3v) is 4.08. The number of hydrogen-bond acceptors (Lipinski definition) is 2. The molecule has 4 nitrogen and oxygen atoms in total. The zero-order chi connectivity index (χ0) is 17.8. The first-order valence-electron chi connectivity index (χ1n) is 8.28. The number of carbonyl (C=O) groups excluding carboxylic acids is 1. The number of amides is 1. The molecule has 25 heavy (non-hydrogen) atoms. The van der Waals surface area contributed by atoms with Gasteiger partial charge in [0.05, 0.1) is 11.7 Å². The zero-order valence-corrected chi connectivity index (χ0v) is 14.2. The number of hydrogen-bond donors (Lipinski definition) is 1. The molecule has 0 saturated carbocycles. The molecule has 0 aliphatic rings. The molecular weight excluding hydrogens is 317 g/mol. The quantitative estimate of drug-likeness (QED) is 0.758. The summed E-state index contributed by atoms with van der Waals surface area (Å²) < 4.78 is 15.2. The van der Waals surface area contributed by atoms with Gasteiger partial charge in [-0.25, -0.2) is 4.39 Å². The van der Waals surface area contributed by atoms with Gasteiger partial charge in [0.15, 0.2) is 5.69 Å². The number of aromatic nitrogens is 2. The maximum absolute atomic E-state index is 13.5. The molecular formula is C20H20FN3O. The van der Waals surface area contributed by atoms with Crippen LogP contribution in [0.1, 0.15) is 35.9 Å². The summed E-state index contributed by atoms with van der Waals surface area (Å²) in [6.07, 6.45) is 0. The first-order chi connectivity index (χ1) is 12.1. The van der Waals surface area contributed by atoms with Gasteiger partial charge in [0.1, 0.15) is 5.82 Å². The highest BCUT2D eigenvalue weighted by Gasteiger charge is 2.17. The minimum atomic E-state index is -0.315. The van der Waals surface area contributed by atoms with Gasteiger partial charge in [0.25, 0.3) is 5.91 Å². The fraction of sp³-hybridized carbons (Fsp3) is 0.200. The number of nitrogens with zero attached hydrogens (tertiary/aromatic N) is 2. The minimum Gasteiger partial charge on any atom is -0.344 e. The molecule has 3 rings (SSSR count). The average Bonchev–Trinajstić information content (AvgIpc) is 3.07. The Balaban J connectivity index is 1.84. The van der Waals surface area contributed by atoms with E-state index in [0.29, 0.717) is 17.8 Å². The molecule has 1 N–H and O–H groups in total. The van der Waals surface area contributed by atoms with Crippen LogP contribution in [0.15, 0.2) is 60.7 Å². The van der Waals surface area contributed by atoms with Gasteiger partial charge in [-0.3, -0.25) is 9.48 Å². The molecule has 0 aliphatic heterocycles. The van der Waals surface area contributed by atoms with Crippen molar-refractivity contribution in [1.82, 2.24) is 15.1 Å². The van der Waals surface area contributed by atoms with Crippen molar-refractivity contribution in [3.05, 3.63) is 77.7 Å². The van der Waals surface area contributed by atoms with E-state index in [1.807, 2.05) is 44.2 Å². The minimum absolute atomic E-state index is 0.127. The summed E-state index contributed by atoms with van der Waals surface area (Å²) in [7, 11) is 0. The molecule has 1 amide bonds. The molecule has 0 aliphatic carbocycles. The van der Waals surface area contributed by atoms with Gasteiger partial charge in [-0.1, -0.05) is 42.5 Å². The summed E-state index contributed by atoms with van der Waals surface area (Å²) in [5, 5.41) is 7.31. The van der Waals surface area contributed by atoms with Crippen molar-refractivity contribution in [1.29, 1.82) is 0 Å². The first kappa shape index (κ1) is 16.9. The standard InChI is InChI=1S/C20H20FN3O/c1-3-24-19(16-10-7-11-17(21)12-16)13-18(23-24)20(25)22-14(2)15-8-5-4-6-9-15/h4-14H,3H2,1-2H3,(H,22,25). The monoisotopic (exact) mass is 337 g/mol. The lowest BCUT2D eigenvalue weighted by molar-refractivity contribution is 0.0934. The molecule has 0 bridgehead atoms. The first-order valence-corrected chi connectivity index (χ1v) is 8.28. The zero-order valence-electron chi connectivity index (χ0n) is 14.2. The molecule has 3 aromatic rings. The summed E-state index contributed by atoms with van der Waals surface area (Å²) in [4.78, 5) is 12.5. The summed E-state index contributed by atoms with van der Waals surface area (Å²) in [5.41, 5.74) is 2.77. The van der Waals surface area contributed by atoms with Crippen LogP contribution in [0.3, 0.4) is 0 Å². The van der Waals surface area contributed by atoms with Gasteiger partial charge in [-0.05, 0) is 37.6 Å². The van der Waals surface area contributed by atoms with Gasteiger partial charge in [-0.15, -0.1) is 0 Å². The van der Waals surface area contributed by atoms with Crippen LogP contribution in [-0.4, -0.2) is 15.7 Å². The third-order valence-electron chi connectivity index (χ3n) is 4.08. The number of halogens is 1. The Bertz CT molecular complexity index is 874. The summed E-state index contributed by atoms with van der Waals surface area (Å²) in [6.45, 7) is 4.45. The van der Waals surface area contributed by atoms with E-state index >= 15 is 0 Å². The Kier molecular flexibility index (Phi) is 4.93. The van der Waals surface area contributed by atoms with Crippen LogP contribution >= 0.6 is 0 Å². The molecule has 1 unspecified atom stereocenters. The fourth-order valence-electron chi connectivity index (χ4n) is 2.74. The van der Waals surface area contributed by atoms with Crippen molar-refractivity contribution in [3.63, 3.8) is 0 Å². The van der Waals surface area contributed by atoms with Crippen molar-refractivity contribution in [2.24, 2.45) is 0 Å². The number of aryl methyl sites for hydroxylation is 1. The van der Waals surface area contributed by atoms with E-state index in [1.165, 1.54) is 12.1 Å². The Morgan fingerprint density at radius 2 is 1.92 bits per heavy atom. The van der Waals surface area contributed by atoms with Crippen LogP contribution in [0.4, 0.5) is 4.39 Å². The van der Waals surface area contributed by atoms with Crippen molar-refractivity contribution >= 4 is 5.91 Å². The molecule has 1 aromatic heterocycles. The second-order valence-electron chi connectivity index (χ2n) is 5.85. The Morgan fingerprint density at radius 1 is 1.16 bits per heavy atom. The highest BCUT2D eigenvalue weighted by Crippen LogP contribution is 2.22. The van der Waals surface area contributed by atoms with Crippen LogP contribution < -0.4 is 5.32 Å². The van der Waals surface area contributed by atoms with E-state index in [2.05, 4.69) is 10.4 Å². The molecule has 2 aromatic carbocycles. The molecule has 0 fully saturated rings. The summed E-state index contributed by atoms with van der Waals surface area (Å²) >= 11 is 0. The normalized spacial score (nSPS) is 12.0. The van der Waals surface area contributed by atoms with Gasteiger partial charge >= 0.3 is 0 Å². The van der Waals surface area contributed by atoms with Gasteiger partial charge in [0, 0.05) is 12.1 Å². The summed E-state index contributed by atoms with van der Waals surface area (Å²) in [5.74, 6) is -0.564. The molecule has 1 heterocycles. The molecule has 1 atom stereocenters. The second kappa shape index (κ2) is 7.30. The van der Waals surface area contributed by atoms with Crippen molar-refractivity contribution in [2.75, 3.05) is 0 Å². The van der Waals surface area contributed by atoms with Crippen molar-refractivity contribution in [2.45, 2.75) is 26.4 Å². The number of benzene rings is 2. The predicted octanol–water partition coefficient (Wildman–Crippen LogP) is 4.20. The molecule has 0 saturated heterocycles. The van der Waals surface area contributed by atoms with E-state index in [4.69, 9.17) is 0 Å². The molecule has 0 radical (unpaired) electrons. The predicted molar refractivity (Wildman–Crippen MR) is 95.6 cm³/mol. The third kappa shape index (κ3) is 3.76. The highest BCUT2D eigenvalue weighted by molar-refractivity contribution is 5.93. The molecule has 0 spiro atoms. The number of rotatable bonds is 5. The largest absolute Gasteiger partial charge is 0.344 e. The van der Waals surface area contributed by atoms with Crippen LogP contribution in [0.5, 0.6) is 0 Å². The van der Waals surface area contributed by atoms with Crippen LogP contribution in [0, 0.1) is 5.82 Å². The number of nitrogens with one attached hydrogen (secondary N) is 1. The van der Waals surface area contributed by atoms with E-state index in [0.717, 1.165) is 11.3 Å². The Labute approximate surface area is 146 Å². The Hall–Kier alpha value is -2.95. The fourth-order valence-corrected chi connectivity index (χ4v) is 2.74. The Morgan fingerprint density at radius 3 is 2.60 bits per heavy atom. The molecule has 5 heteroatoms. The van der Waals surface area contributed by atoms with Gasteiger partial charge in [-0.2, -0.15) is 5.10 Å². The lowest BCUT2D eigenvalue weighted by atomic mass is 10.1. The molecule has 128 valence electrons. The van der Waals surface area contributed by atoms with Gasteiger partial charge < -0.3 is 5.32 Å².